The second-order valence-corrected chi connectivity index (χ2v) is 13.6. The van der Waals surface area contributed by atoms with Gasteiger partial charge in [0.15, 0.2) is 17.7 Å². The van der Waals surface area contributed by atoms with Gasteiger partial charge in [0.05, 0.1) is 23.9 Å². The number of alkyl carbamates (subject to hydrolysis) is 1. The van der Waals surface area contributed by atoms with Gasteiger partial charge in [-0.3, -0.25) is 14.4 Å². The molecule has 3 aliphatic heterocycles. The van der Waals surface area contributed by atoms with E-state index in [1.165, 1.54) is 7.11 Å². The lowest BCUT2D eigenvalue weighted by Gasteiger charge is -2.47. The molecular weight excluding hydrogens is 584 g/mol. The second kappa shape index (κ2) is 14.5. The molecule has 0 aromatic rings. The minimum absolute atomic E-state index is 0.115. The zero-order chi connectivity index (χ0) is 34.0. The number of Topliss-reactive ketones (excluding diaryl/α,β-unsaturated/α-hetero) is 2. The first kappa shape index (κ1) is 36.9. The fourth-order valence-electron chi connectivity index (χ4n) is 7.39. The van der Waals surface area contributed by atoms with Crippen LogP contribution in [0.1, 0.15) is 74.1 Å². The summed E-state index contributed by atoms with van der Waals surface area (Å²) in [6, 6.07) is -1.11. The lowest BCUT2D eigenvalue weighted by atomic mass is 9.73. The van der Waals surface area contributed by atoms with Crippen LogP contribution in [0.2, 0.25) is 0 Å². The van der Waals surface area contributed by atoms with Crippen molar-refractivity contribution >= 4 is 23.6 Å². The van der Waals surface area contributed by atoms with Crippen LogP contribution in [-0.2, 0) is 38.1 Å². The molecule has 1 amide bonds. The highest BCUT2D eigenvalue weighted by atomic mass is 16.7. The summed E-state index contributed by atoms with van der Waals surface area (Å²) >= 11 is 0. The fraction of sp³-hybridized carbons (Fsp3) is 0.818. The van der Waals surface area contributed by atoms with E-state index in [-0.39, 0.29) is 37.2 Å². The summed E-state index contributed by atoms with van der Waals surface area (Å²) in [5, 5.41) is 14.0. The normalized spacial score (nSPS) is 43.5. The Kier molecular flexibility index (Phi) is 11.9. The Morgan fingerprint density at radius 3 is 2.29 bits per heavy atom. The molecule has 3 aliphatic rings. The van der Waals surface area contributed by atoms with Crippen LogP contribution in [0.4, 0.5) is 4.79 Å². The molecule has 0 bridgehead atoms. The van der Waals surface area contributed by atoms with Crippen LogP contribution in [-0.4, -0.2) is 109 Å². The first-order chi connectivity index (χ1) is 20.9. The van der Waals surface area contributed by atoms with Gasteiger partial charge in [-0.15, -0.1) is 12.3 Å². The van der Waals surface area contributed by atoms with Crippen molar-refractivity contribution in [3.8, 4) is 12.3 Å². The minimum atomic E-state index is -1.39. The highest BCUT2D eigenvalue weighted by Crippen LogP contribution is 2.40. The van der Waals surface area contributed by atoms with Crippen LogP contribution in [0, 0.1) is 36.0 Å². The molecule has 45 heavy (non-hydrogen) atoms. The van der Waals surface area contributed by atoms with Crippen molar-refractivity contribution in [3.63, 3.8) is 0 Å². The molecule has 0 radical (unpaired) electrons. The van der Waals surface area contributed by atoms with Crippen molar-refractivity contribution in [3.05, 3.63) is 0 Å². The Balaban J connectivity index is 2.15. The van der Waals surface area contributed by atoms with Gasteiger partial charge >= 0.3 is 12.1 Å². The fourth-order valence-corrected chi connectivity index (χ4v) is 7.39. The maximum absolute atomic E-state index is 14.2. The van der Waals surface area contributed by atoms with Gasteiger partial charge in [0.1, 0.15) is 23.9 Å². The Labute approximate surface area is 267 Å². The van der Waals surface area contributed by atoms with Crippen LogP contribution >= 0.6 is 0 Å². The van der Waals surface area contributed by atoms with Gasteiger partial charge in [-0.25, -0.2) is 4.79 Å². The largest absolute Gasteiger partial charge is 0.457 e. The molecule has 12 heteroatoms. The standard InChI is InChI=1S/C33H52N2O10/c1-12-14-21-25(37)20(6)28(44-30-26(38)22(35(9)10)15-18(4)42-30)32(7,41-11)16-17(3)24(36)19(5)27-33(8,45-31(40)34-27)23(13-2)43-29(21)39/h1,17-23,26-28,30,38H,13-16H2,2-11H3,(H,34,40)/t17-,18-,19-,20+,21?,22+,23+,26-,27-,28-,30+,32+,33-/m1/s1. The number of methoxy groups -OCH3 is 1. The van der Waals surface area contributed by atoms with Crippen molar-refractivity contribution in [1.82, 2.24) is 10.2 Å². The Hall–Kier alpha value is -2.56. The van der Waals surface area contributed by atoms with Crippen LogP contribution in [0.15, 0.2) is 0 Å². The highest BCUT2D eigenvalue weighted by molar-refractivity contribution is 6.00. The first-order valence-corrected chi connectivity index (χ1v) is 15.9. The summed E-state index contributed by atoms with van der Waals surface area (Å²) in [6.45, 7) is 12.1. The summed E-state index contributed by atoms with van der Waals surface area (Å²) in [5.41, 5.74) is -2.67. The van der Waals surface area contributed by atoms with Gasteiger partial charge in [-0.1, -0.05) is 27.7 Å². The van der Waals surface area contributed by atoms with E-state index in [1.807, 2.05) is 25.9 Å². The van der Waals surface area contributed by atoms with Crippen LogP contribution < -0.4 is 5.32 Å². The van der Waals surface area contributed by atoms with E-state index in [0.29, 0.717) is 6.42 Å². The molecule has 0 aliphatic carbocycles. The molecule has 3 rings (SSSR count). The monoisotopic (exact) mass is 636 g/mol. The van der Waals surface area contributed by atoms with Crippen molar-refractivity contribution in [2.45, 2.75) is 128 Å². The summed E-state index contributed by atoms with van der Waals surface area (Å²) < 4.78 is 30.2. The Morgan fingerprint density at radius 2 is 1.73 bits per heavy atom. The highest BCUT2D eigenvalue weighted by Gasteiger charge is 2.57. The smallest absolute Gasteiger partial charge is 0.408 e. The zero-order valence-corrected chi connectivity index (χ0v) is 28.3. The molecule has 13 atom stereocenters. The molecule has 0 spiro atoms. The van der Waals surface area contributed by atoms with Crippen molar-refractivity contribution < 1.29 is 48.0 Å². The van der Waals surface area contributed by atoms with Crippen molar-refractivity contribution in [2.24, 2.45) is 23.7 Å². The summed E-state index contributed by atoms with van der Waals surface area (Å²) in [7, 11) is 5.17. The van der Waals surface area contributed by atoms with E-state index >= 15 is 0 Å². The number of cyclic esters (lactones) is 1. The number of fused-ring (bicyclic) bond motifs is 1. The number of terminal acetylenes is 1. The van der Waals surface area contributed by atoms with E-state index in [2.05, 4.69) is 11.2 Å². The number of ketones is 2. The summed E-state index contributed by atoms with van der Waals surface area (Å²) in [4.78, 5) is 56.4. The lowest BCUT2D eigenvalue weighted by Crippen LogP contribution is -2.60. The number of rotatable bonds is 6. The number of hydrogen-bond donors (Lipinski definition) is 2. The van der Waals surface area contributed by atoms with E-state index in [0.717, 1.165) is 0 Å². The quantitative estimate of drug-likeness (QED) is 0.252. The number of likely N-dealkylation sites (N-methyl/N-ethyl adjacent to an activating group) is 1. The van der Waals surface area contributed by atoms with Gasteiger partial charge < -0.3 is 39.0 Å². The van der Waals surface area contributed by atoms with Crippen molar-refractivity contribution in [1.29, 1.82) is 0 Å². The van der Waals surface area contributed by atoms with Crippen LogP contribution in [0.5, 0.6) is 0 Å². The van der Waals surface area contributed by atoms with Crippen LogP contribution in [0.3, 0.4) is 0 Å². The Morgan fingerprint density at radius 1 is 1.09 bits per heavy atom. The number of nitrogens with one attached hydrogen (secondary N) is 1. The number of amides is 1. The molecule has 3 saturated heterocycles. The lowest BCUT2D eigenvalue weighted by molar-refractivity contribution is -0.295. The number of esters is 1. The first-order valence-electron chi connectivity index (χ1n) is 15.9. The third kappa shape index (κ3) is 7.38. The number of hydrogen-bond acceptors (Lipinski definition) is 11. The third-order valence-electron chi connectivity index (χ3n) is 10.1. The van der Waals surface area contributed by atoms with Gasteiger partial charge in [0, 0.05) is 37.3 Å². The van der Waals surface area contributed by atoms with Gasteiger partial charge in [0.25, 0.3) is 0 Å². The average Bonchev–Trinajstić information content (AvgIpc) is 3.30. The predicted molar refractivity (Wildman–Crippen MR) is 164 cm³/mol. The molecule has 0 saturated carbocycles. The molecule has 0 aromatic heterocycles. The Bertz CT molecular complexity index is 1150. The predicted octanol–water partition coefficient (Wildman–Crippen LogP) is 2.48. The number of aliphatic hydroxyl groups excluding tert-OH is 1. The minimum Gasteiger partial charge on any atom is -0.457 e. The molecule has 0 aromatic carbocycles. The molecule has 3 heterocycles. The topological polar surface area (TPSA) is 150 Å². The average molecular weight is 637 g/mol. The SMILES string of the molecule is C#CCC1C(=O)O[C@@H](CC)[C@@]2(C)OC(=O)N[C@@H]2[C@H](C)C(=O)[C@H](C)C[C@](C)(OC)[C@H](O[C@@H]2O[C@H](C)C[C@H](N(C)C)[C@H]2O)[C@@H](C)C1=O. The summed E-state index contributed by atoms with van der Waals surface area (Å²) in [5.74, 6) is -2.90. The number of aliphatic hydroxyl groups is 1. The number of carbonyl (C=O) groups is 4. The van der Waals surface area contributed by atoms with E-state index in [9.17, 15) is 24.3 Å². The molecule has 3 fully saturated rings. The van der Waals surface area contributed by atoms with Gasteiger partial charge in [-0.05, 0) is 54.1 Å². The summed E-state index contributed by atoms with van der Waals surface area (Å²) in [6.07, 6.45) is 1.08. The van der Waals surface area contributed by atoms with E-state index < -0.39 is 83.4 Å². The van der Waals surface area contributed by atoms with Gasteiger partial charge in [-0.2, -0.15) is 0 Å². The molecule has 254 valence electrons. The van der Waals surface area contributed by atoms with Crippen LogP contribution in [0.25, 0.3) is 0 Å². The van der Waals surface area contributed by atoms with Gasteiger partial charge in [0.2, 0.25) is 0 Å². The zero-order valence-electron chi connectivity index (χ0n) is 28.3. The maximum Gasteiger partial charge on any atom is 0.408 e. The number of nitrogens with zero attached hydrogens (tertiary/aromatic N) is 1. The van der Waals surface area contributed by atoms with E-state index in [1.54, 1.807) is 41.5 Å². The maximum atomic E-state index is 14.2. The van der Waals surface area contributed by atoms with Crippen molar-refractivity contribution in [2.75, 3.05) is 21.2 Å². The second-order valence-electron chi connectivity index (χ2n) is 13.6. The molecule has 2 N–H and O–H groups in total. The number of carbonyl (C=O) groups excluding carboxylic acids is 4. The molecule has 1 unspecified atom stereocenters. The van der Waals surface area contributed by atoms with E-state index in [4.69, 9.17) is 30.1 Å². The molecule has 12 nitrogen and oxygen atoms in total. The number of ether oxygens (including phenoxy) is 5. The third-order valence-corrected chi connectivity index (χ3v) is 10.1. The molecular formula is C33H52N2O10.